The lowest BCUT2D eigenvalue weighted by Gasteiger charge is -2.48. The first-order chi connectivity index (χ1) is 20.1. The first-order valence-electron chi connectivity index (χ1n) is 15.8. The van der Waals surface area contributed by atoms with Gasteiger partial charge in [0, 0.05) is 50.0 Å². The number of imide groups is 1. The number of carbonyl (C=O) groups excluding carboxylic acids is 3. The standard InChI is InChI=1S/C32H44F2N4O4.ClH/c1-21(2)38-30(41)37(20-26-13-17-42-26)29(40)31(38)18-24-8-9-25(19-31)36(24)16-12-27(22-6-4-3-5-7-22)35-28(39)23-10-14-32(33,34)15-11-23;/h3-7,21,23-27H,8-20H2,1-2H3,(H,35,39);1H/t24?,25?,26?,27-,31?;/m0./s1. The summed E-state index contributed by atoms with van der Waals surface area (Å²) in [6.45, 7) is 5.74. The normalized spacial score (nSPS) is 31.3. The van der Waals surface area contributed by atoms with Crippen LogP contribution in [0.25, 0.3) is 0 Å². The maximum Gasteiger partial charge on any atom is 0.327 e. The van der Waals surface area contributed by atoms with Crippen LogP contribution in [0.3, 0.4) is 0 Å². The number of alkyl halides is 2. The summed E-state index contributed by atoms with van der Waals surface area (Å²) in [5, 5.41) is 3.20. The number of halogens is 3. The van der Waals surface area contributed by atoms with Crippen LogP contribution in [0.15, 0.2) is 30.3 Å². The fourth-order valence-corrected chi connectivity index (χ4v) is 8.19. The zero-order valence-corrected chi connectivity index (χ0v) is 26.0. The van der Waals surface area contributed by atoms with Crippen molar-refractivity contribution in [3.63, 3.8) is 0 Å². The van der Waals surface area contributed by atoms with E-state index < -0.39 is 11.5 Å². The van der Waals surface area contributed by atoms with Gasteiger partial charge in [0.2, 0.25) is 11.8 Å². The fraction of sp³-hybridized carbons (Fsp3) is 0.719. The van der Waals surface area contributed by atoms with Gasteiger partial charge in [0.1, 0.15) is 5.54 Å². The van der Waals surface area contributed by atoms with Crippen LogP contribution in [0, 0.1) is 5.92 Å². The molecule has 4 amide bonds. The average Bonchev–Trinajstić information content (AvgIpc) is 3.28. The molecule has 4 aliphatic heterocycles. The van der Waals surface area contributed by atoms with Gasteiger partial charge in [0.25, 0.3) is 5.91 Å². The molecular weight excluding hydrogens is 578 g/mol. The zero-order chi connectivity index (χ0) is 29.6. The third-order valence-electron chi connectivity index (χ3n) is 10.4. The number of benzene rings is 1. The number of hydrogen-bond donors (Lipinski definition) is 1. The Kier molecular flexibility index (Phi) is 9.41. The molecule has 2 bridgehead atoms. The van der Waals surface area contributed by atoms with E-state index in [1.165, 1.54) is 4.90 Å². The molecule has 238 valence electrons. The first-order valence-corrected chi connectivity index (χ1v) is 15.8. The number of nitrogens with zero attached hydrogens (tertiary/aromatic N) is 3. The number of fused-ring (bicyclic) bond motifs is 2. The van der Waals surface area contributed by atoms with Gasteiger partial charge in [-0.3, -0.25) is 19.4 Å². The minimum absolute atomic E-state index is 0. The van der Waals surface area contributed by atoms with Gasteiger partial charge in [-0.25, -0.2) is 13.6 Å². The molecule has 5 fully saturated rings. The van der Waals surface area contributed by atoms with Gasteiger partial charge in [-0.1, -0.05) is 30.3 Å². The minimum atomic E-state index is -2.67. The maximum absolute atomic E-state index is 14.0. The van der Waals surface area contributed by atoms with Crippen LogP contribution in [-0.4, -0.2) is 87.9 Å². The molecule has 6 rings (SSSR count). The number of urea groups is 1. The third-order valence-corrected chi connectivity index (χ3v) is 10.4. The highest BCUT2D eigenvalue weighted by atomic mass is 35.5. The van der Waals surface area contributed by atoms with E-state index in [9.17, 15) is 23.2 Å². The Hall–Kier alpha value is -2.30. The molecule has 3 unspecified atom stereocenters. The molecule has 11 heteroatoms. The molecule has 1 saturated carbocycles. The quantitative estimate of drug-likeness (QED) is 0.378. The predicted molar refractivity (Wildman–Crippen MR) is 160 cm³/mol. The molecule has 1 spiro atoms. The molecule has 1 aromatic carbocycles. The molecule has 1 N–H and O–H groups in total. The van der Waals surface area contributed by atoms with E-state index in [1.807, 2.05) is 49.1 Å². The minimum Gasteiger partial charge on any atom is -0.376 e. The van der Waals surface area contributed by atoms with Crippen LogP contribution < -0.4 is 5.32 Å². The Morgan fingerprint density at radius 2 is 1.65 bits per heavy atom. The first kappa shape index (κ1) is 32.1. The summed E-state index contributed by atoms with van der Waals surface area (Å²) in [5.74, 6) is -3.26. The Balaban J connectivity index is 0.00000368. The zero-order valence-electron chi connectivity index (χ0n) is 25.2. The molecule has 4 atom stereocenters. The van der Waals surface area contributed by atoms with Crippen molar-refractivity contribution in [2.75, 3.05) is 19.7 Å². The van der Waals surface area contributed by atoms with E-state index in [2.05, 4.69) is 10.2 Å². The van der Waals surface area contributed by atoms with Crippen LogP contribution in [-0.2, 0) is 14.3 Å². The average molecular weight is 623 g/mol. The summed E-state index contributed by atoms with van der Waals surface area (Å²) in [6.07, 6.45) is 4.63. The van der Waals surface area contributed by atoms with Crippen molar-refractivity contribution in [3.05, 3.63) is 35.9 Å². The van der Waals surface area contributed by atoms with E-state index in [1.54, 1.807) is 0 Å². The number of rotatable bonds is 9. The Morgan fingerprint density at radius 3 is 2.21 bits per heavy atom. The molecule has 4 heterocycles. The highest BCUT2D eigenvalue weighted by molar-refractivity contribution is 6.07. The van der Waals surface area contributed by atoms with Crippen LogP contribution in [0.4, 0.5) is 13.6 Å². The summed E-state index contributed by atoms with van der Waals surface area (Å²) < 4.78 is 33.0. The highest BCUT2D eigenvalue weighted by Gasteiger charge is 2.63. The molecule has 43 heavy (non-hydrogen) atoms. The summed E-state index contributed by atoms with van der Waals surface area (Å²) >= 11 is 0. The topological polar surface area (TPSA) is 82.2 Å². The van der Waals surface area contributed by atoms with E-state index in [-0.39, 0.29) is 92.1 Å². The van der Waals surface area contributed by atoms with Gasteiger partial charge < -0.3 is 15.0 Å². The number of carbonyl (C=O) groups is 3. The van der Waals surface area contributed by atoms with E-state index in [0.29, 0.717) is 32.4 Å². The van der Waals surface area contributed by atoms with Crippen molar-refractivity contribution >= 4 is 30.3 Å². The number of amides is 4. The number of ether oxygens (including phenoxy) is 1. The highest BCUT2D eigenvalue weighted by Crippen LogP contribution is 2.48. The van der Waals surface area contributed by atoms with Gasteiger partial charge in [-0.05, 0) is 70.8 Å². The fourth-order valence-electron chi connectivity index (χ4n) is 8.19. The molecule has 1 aliphatic carbocycles. The Bertz CT molecular complexity index is 1160. The number of hydrogen-bond acceptors (Lipinski definition) is 5. The Labute approximate surface area is 259 Å². The number of piperidine rings is 1. The van der Waals surface area contributed by atoms with Crippen LogP contribution in [0.2, 0.25) is 0 Å². The Morgan fingerprint density at radius 1 is 1.02 bits per heavy atom. The van der Waals surface area contributed by atoms with Crippen molar-refractivity contribution in [3.8, 4) is 0 Å². The second-order valence-corrected chi connectivity index (χ2v) is 13.4. The van der Waals surface area contributed by atoms with Gasteiger partial charge in [0.15, 0.2) is 0 Å². The third kappa shape index (κ3) is 6.16. The second kappa shape index (κ2) is 12.6. The smallest absolute Gasteiger partial charge is 0.327 e. The van der Waals surface area contributed by atoms with Crippen molar-refractivity contribution in [2.24, 2.45) is 5.92 Å². The van der Waals surface area contributed by atoms with E-state index >= 15 is 0 Å². The largest absolute Gasteiger partial charge is 0.376 e. The number of nitrogens with one attached hydrogen (secondary N) is 1. The molecule has 0 aromatic heterocycles. The monoisotopic (exact) mass is 622 g/mol. The van der Waals surface area contributed by atoms with Crippen LogP contribution in [0.5, 0.6) is 0 Å². The lowest BCUT2D eigenvalue weighted by atomic mass is 9.80. The van der Waals surface area contributed by atoms with Gasteiger partial charge in [0.05, 0.1) is 18.7 Å². The van der Waals surface area contributed by atoms with Gasteiger partial charge in [-0.15, -0.1) is 12.4 Å². The second-order valence-electron chi connectivity index (χ2n) is 13.4. The van der Waals surface area contributed by atoms with Crippen LogP contribution >= 0.6 is 12.4 Å². The van der Waals surface area contributed by atoms with Gasteiger partial charge in [-0.2, -0.15) is 0 Å². The summed E-state index contributed by atoms with van der Waals surface area (Å²) in [4.78, 5) is 46.5. The molecular formula is C32H45ClF2N4O4. The van der Waals surface area contributed by atoms with Crippen LogP contribution in [0.1, 0.15) is 89.7 Å². The van der Waals surface area contributed by atoms with E-state index in [0.717, 1.165) is 31.4 Å². The van der Waals surface area contributed by atoms with Gasteiger partial charge >= 0.3 is 6.03 Å². The van der Waals surface area contributed by atoms with Crippen molar-refractivity contribution in [1.29, 1.82) is 0 Å². The summed E-state index contributed by atoms with van der Waals surface area (Å²) in [5.41, 5.74) is 0.192. The SMILES string of the molecule is CC(C)N1C(=O)N(CC2CCO2)C(=O)C12CC1CCC(C2)N1CC[C@H](NC(=O)C1CCC(F)(F)CC1)c1ccccc1.Cl. The molecule has 4 saturated heterocycles. The maximum atomic E-state index is 14.0. The lowest BCUT2D eigenvalue weighted by Crippen LogP contribution is -2.61. The molecule has 0 radical (unpaired) electrons. The summed E-state index contributed by atoms with van der Waals surface area (Å²) in [7, 11) is 0. The van der Waals surface area contributed by atoms with Crippen molar-refractivity contribution < 1.29 is 27.9 Å². The molecule has 1 aromatic rings. The lowest BCUT2D eigenvalue weighted by molar-refractivity contribution is -0.141. The molecule has 5 aliphatic rings. The van der Waals surface area contributed by atoms with Crippen molar-refractivity contribution in [1.82, 2.24) is 20.0 Å². The predicted octanol–water partition coefficient (Wildman–Crippen LogP) is 5.31. The van der Waals surface area contributed by atoms with Crippen molar-refractivity contribution in [2.45, 2.75) is 120 Å². The van der Waals surface area contributed by atoms with E-state index in [4.69, 9.17) is 4.74 Å². The summed E-state index contributed by atoms with van der Waals surface area (Å²) in [6, 6.07) is 9.70. The molecule has 8 nitrogen and oxygen atoms in total.